The number of ether oxygens (including phenoxy) is 1. The molecule has 1 saturated heterocycles. The summed E-state index contributed by atoms with van der Waals surface area (Å²) in [6.07, 6.45) is 9.32. The van der Waals surface area contributed by atoms with Gasteiger partial charge in [0.25, 0.3) is 0 Å². The lowest BCUT2D eigenvalue weighted by atomic mass is 10.1. The third-order valence-corrected chi connectivity index (χ3v) is 5.70. The standard InChI is InChI=1S/C25H35N5O2S/c31-24(11-6-13-28-25(33)29-22-9-5-12-26-19-22)27-14-7-17-32-23-10-4-8-21(18-23)20-30-15-2-1-3-16-30/h4-5,8-10,12,18-19H,1-3,6-7,11,13-17,20H2,(H,27,31)(H2,28,29,33). The predicted octanol–water partition coefficient (Wildman–Crippen LogP) is 3.72. The van der Waals surface area contributed by atoms with Crippen LogP contribution in [-0.2, 0) is 11.3 Å². The molecule has 1 aliphatic rings. The zero-order valence-electron chi connectivity index (χ0n) is 19.2. The van der Waals surface area contributed by atoms with Crippen molar-refractivity contribution in [3.63, 3.8) is 0 Å². The van der Waals surface area contributed by atoms with E-state index in [4.69, 9.17) is 17.0 Å². The fourth-order valence-corrected chi connectivity index (χ4v) is 3.97. The predicted molar refractivity (Wildman–Crippen MR) is 136 cm³/mol. The van der Waals surface area contributed by atoms with Gasteiger partial charge in [0.05, 0.1) is 18.5 Å². The second-order valence-electron chi connectivity index (χ2n) is 8.26. The van der Waals surface area contributed by atoms with E-state index < -0.39 is 0 Å². The lowest BCUT2D eigenvalue weighted by Gasteiger charge is -2.26. The fourth-order valence-electron chi connectivity index (χ4n) is 3.75. The minimum Gasteiger partial charge on any atom is -0.494 e. The van der Waals surface area contributed by atoms with E-state index in [2.05, 4.69) is 44.0 Å². The van der Waals surface area contributed by atoms with Gasteiger partial charge in [0.2, 0.25) is 5.91 Å². The van der Waals surface area contributed by atoms with Crippen LogP contribution in [0.25, 0.3) is 0 Å². The molecule has 0 spiro atoms. The Hall–Kier alpha value is -2.71. The van der Waals surface area contributed by atoms with E-state index in [-0.39, 0.29) is 5.91 Å². The Morgan fingerprint density at radius 3 is 2.73 bits per heavy atom. The van der Waals surface area contributed by atoms with E-state index in [9.17, 15) is 4.79 Å². The zero-order chi connectivity index (χ0) is 23.1. The van der Waals surface area contributed by atoms with Gasteiger partial charge in [0.15, 0.2) is 5.11 Å². The van der Waals surface area contributed by atoms with Crippen LogP contribution in [0.15, 0.2) is 48.8 Å². The SMILES string of the molecule is O=C(CCCNC(=S)Nc1cccnc1)NCCCOc1cccc(CN2CCCCC2)c1. The largest absolute Gasteiger partial charge is 0.494 e. The summed E-state index contributed by atoms with van der Waals surface area (Å²) in [7, 11) is 0. The minimum atomic E-state index is 0.0477. The zero-order valence-corrected chi connectivity index (χ0v) is 20.0. The number of aromatic nitrogens is 1. The van der Waals surface area contributed by atoms with Crippen molar-refractivity contribution in [3.05, 3.63) is 54.4 Å². The van der Waals surface area contributed by atoms with Crippen molar-refractivity contribution >= 4 is 28.9 Å². The number of hydrogen-bond donors (Lipinski definition) is 3. The number of carbonyl (C=O) groups excluding carboxylic acids is 1. The fraction of sp³-hybridized carbons (Fsp3) is 0.480. The van der Waals surface area contributed by atoms with Gasteiger partial charge in [-0.2, -0.15) is 0 Å². The summed E-state index contributed by atoms with van der Waals surface area (Å²) in [5.74, 6) is 0.948. The summed E-state index contributed by atoms with van der Waals surface area (Å²) in [5.41, 5.74) is 2.13. The highest BCUT2D eigenvalue weighted by Crippen LogP contribution is 2.17. The Kier molecular flexibility index (Phi) is 10.9. The van der Waals surface area contributed by atoms with Crippen LogP contribution < -0.4 is 20.7 Å². The van der Waals surface area contributed by atoms with Gasteiger partial charge in [0, 0.05) is 32.3 Å². The molecule has 1 aliphatic heterocycles. The molecule has 1 aromatic heterocycles. The maximum Gasteiger partial charge on any atom is 0.220 e. The number of anilines is 1. The molecular weight excluding hydrogens is 434 g/mol. The normalized spacial score (nSPS) is 13.8. The van der Waals surface area contributed by atoms with Gasteiger partial charge in [-0.25, -0.2) is 0 Å². The third kappa shape index (κ3) is 10.2. The van der Waals surface area contributed by atoms with Crippen LogP contribution in [0.5, 0.6) is 5.75 Å². The molecule has 1 aromatic carbocycles. The van der Waals surface area contributed by atoms with Crippen LogP contribution in [0.4, 0.5) is 5.69 Å². The number of piperidine rings is 1. The number of benzene rings is 1. The van der Waals surface area contributed by atoms with E-state index >= 15 is 0 Å². The Bertz CT molecular complexity index is 859. The van der Waals surface area contributed by atoms with Crippen molar-refractivity contribution in [1.82, 2.24) is 20.5 Å². The number of amides is 1. The molecule has 0 saturated carbocycles. The molecule has 7 nitrogen and oxygen atoms in total. The molecule has 2 heterocycles. The van der Waals surface area contributed by atoms with Crippen molar-refractivity contribution in [2.75, 3.05) is 38.1 Å². The molecular formula is C25H35N5O2S. The van der Waals surface area contributed by atoms with Crippen LogP contribution >= 0.6 is 12.2 Å². The number of hydrogen-bond acceptors (Lipinski definition) is 5. The van der Waals surface area contributed by atoms with Gasteiger partial charge >= 0.3 is 0 Å². The first-order valence-corrected chi connectivity index (χ1v) is 12.3. The molecule has 1 amide bonds. The number of likely N-dealkylation sites (tertiary alicyclic amines) is 1. The lowest BCUT2D eigenvalue weighted by molar-refractivity contribution is -0.121. The molecule has 178 valence electrons. The third-order valence-electron chi connectivity index (χ3n) is 5.45. The first-order valence-electron chi connectivity index (χ1n) is 11.8. The summed E-state index contributed by atoms with van der Waals surface area (Å²) in [6.45, 7) is 5.21. The Morgan fingerprint density at radius 2 is 1.91 bits per heavy atom. The molecule has 33 heavy (non-hydrogen) atoms. The second-order valence-corrected chi connectivity index (χ2v) is 8.67. The van der Waals surface area contributed by atoms with E-state index in [1.165, 1.54) is 37.9 Å². The molecule has 2 aromatic rings. The van der Waals surface area contributed by atoms with Crippen LogP contribution in [-0.4, -0.2) is 53.7 Å². The Balaban J connectivity index is 1.21. The van der Waals surface area contributed by atoms with E-state index in [1.54, 1.807) is 12.4 Å². The summed E-state index contributed by atoms with van der Waals surface area (Å²) in [4.78, 5) is 18.5. The molecule has 0 atom stereocenters. The number of thiocarbonyl (C=S) groups is 1. The summed E-state index contributed by atoms with van der Waals surface area (Å²) >= 11 is 5.24. The van der Waals surface area contributed by atoms with E-state index in [1.807, 2.05) is 18.2 Å². The first-order chi connectivity index (χ1) is 16.2. The van der Waals surface area contributed by atoms with Crippen molar-refractivity contribution in [2.24, 2.45) is 0 Å². The van der Waals surface area contributed by atoms with Crippen LogP contribution in [0.2, 0.25) is 0 Å². The van der Waals surface area contributed by atoms with Crippen LogP contribution in [0.1, 0.15) is 44.1 Å². The average Bonchev–Trinajstić information content (AvgIpc) is 2.83. The highest BCUT2D eigenvalue weighted by atomic mass is 32.1. The van der Waals surface area contributed by atoms with Crippen LogP contribution in [0, 0.1) is 0 Å². The second kappa shape index (κ2) is 14.4. The highest BCUT2D eigenvalue weighted by molar-refractivity contribution is 7.80. The van der Waals surface area contributed by atoms with E-state index in [0.29, 0.717) is 37.7 Å². The van der Waals surface area contributed by atoms with Crippen molar-refractivity contribution in [3.8, 4) is 5.75 Å². The number of carbonyl (C=O) groups is 1. The maximum atomic E-state index is 12.0. The van der Waals surface area contributed by atoms with Gasteiger partial charge in [0.1, 0.15) is 5.75 Å². The topological polar surface area (TPSA) is 78.5 Å². The smallest absolute Gasteiger partial charge is 0.220 e. The average molecular weight is 470 g/mol. The number of nitrogens with one attached hydrogen (secondary N) is 3. The highest BCUT2D eigenvalue weighted by Gasteiger charge is 2.10. The van der Waals surface area contributed by atoms with Gasteiger partial charge in [-0.3, -0.25) is 14.7 Å². The molecule has 0 aliphatic carbocycles. The number of rotatable bonds is 12. The van der Waals surface area contributed by atoms with Gasteiger partial charge in [-0.05, 0) is 80.8 Å². The Morgan fingerprint density at radius 1 is 1.06 bits per heavy atom. The summed E-state index contributed by atoms with van der Waals surface area (Å²) in [6, 6.07) is 12.1. The number of nitrogens with zero attached hydrogens (tertiary/aromatic N) is 2. The summed E-state index contributed by atoms with van der Waals surface area (Å²) in [5, 5.41) is 9.64. The van der Waals surface area contributed by atoms with Gasteiger partial charge < -0.3 is 20.7 Å². The lowest BCUT2D eigenvalue weighted by Crippen LogP contribution is -2.31. The van der Waals surface area contributed by atoms with E-state index in [0.717, 1.165) is 24.4 Å². The van der Waals surface area contributed by atoms with Gasteiger partial charge in [-0.1, -0.05) is 18.6 Å². The minimum absolute atomic E-state index is 0.0477. The first kappa shape index (κ1) is 24.9. The molecule has 3 N–H and O–H groups in total. The summed E-state index contributed by atoms with van der Waals surface area (Å²) < 4.78 is 5.89. The quantitative estimate of drug-likeness (QED) is 0.323. The maximum absolute atomic E-state index is 12.0. The molecule has 3 rings (SSSR count). The van der Waals surface area contributed by atoms with Crippen molar-refractivity contribution < 1.29 is 9.53 Å². The molecule has 0 radical (unpaired) electrons. The monoisotopic (exact) mass is 469 g/mol. The Labute approximate surface area is 202 Å². The van der Waals surface area contributed by atoms with Crippen molar-refractivity contribution in [1.29, 1.82) is 0 Å². The number of pyridine rings is 1. The molecule has 8 heteroatoms. The molecule has 0 unspecified atom stereocenters. The van der Waals surface area contributed by atoms with Crippen LogP contribution in [0.3, 0.4) is 0 Å². The molecule has 0 bridgehead atoms. The molecule has 1 fully saturated rings. The van der Waals surface area contributed by atoms with Gasteiger partial charge in [-0.15, -0.1) is 0 Å². The van der Waals surface area contributed by atoms with Crippen molar-refractivity contribution in [2.45, 2.75) is 45.1 Å².